The third kappa shape index (κ3) is 7.34. The second-order valence-corrected chi connectivity index (χ2v) is 12.1. The lowest BCUT2D eigenvalue weighted by Gasteiger charge is -2.40. The molecule has 0 radical (unpaired) electrons. The number of nitrogens with zero attached hydrogens (tertiary/aromatic N) is 3. The van der Waals surface area contributed by atoms with Crippen LogP contribution in [0.4, 0.5) is 8.78 Å². The van der Waals surface area contributed by atoms with Crippen LogP contribution in [-0.2, 0) is 4.79 Å². The van der Waals surface area contributed by atoms with Gasteiger partial charge < -0.3 is 20.3 Å². The Morgan fingerprint density at radius 1 is 0.872 bits per heavy atom. The average molecular weight is 656 g/mol. The predicted molar refractivity (Wildman–Crippen MR) is 174 cm³/mol. The van der Waals surface area contributed by atoms with E-state index in [0.717, 1.165) is 33.8 Å². The number of nitrogens with one attached hydrogen (secondary N) is 2. The van der Waals surface area contributed by atoms with Gasteiger partial charge in [0.05, 0.1) is 11.6 Å². The number of pyridine rings is 1. The molecule has 0 unspecified atom stereocenters. The van der Waals surface area contributed by atoms with Crippen molar-refractivity contribution in [2.75, 3.05) is 31.9 Å². The van der Waals surface area contributed by atoms with Gasteiger partial charge in [0.2, 0.25) is 5.91 Å². The highest BCUT2D eigenvalue weighted by atomic mass is 32.2. The maximum Gasteiger partial charge on any atom is 0.338 e. The molecule has 1 atom stereocenters. The lowest BCUT2D eigenvalue weighted by atomic mass is 9.96. The zero-order valence-electron chi connectivity index (χ0n) is 25.1. The first-order valence-electron chi connectivity index (χ1n) is 15.0. The number of hydrogen-bond acceptors (Lipinski definition) is 6. The fraction of sp³-hybridized carbons (Fsp3) is 0.200. The van der Waals surface area contributed by atoms with E-state index in [1.54, 1.807) is 35.2 Å². The zero-order valence-corrected chi connectivity index (χ0v) is 25.9. The molecule has 3 heterocycles. The fourth-order valence-electron chi connectivity index (χ4n) is 5.76. The molecule has 240 valence electrons. The van der Waals surface area contributed by atoms with Crippen molar-refractivity contribution in [1.29, 1.82) is 0 Å². The van der Waals surface area contributed by atoms with Crippen LogP contribution in [0.15, 0.2) is 102 Å². The van der Waals surface area contributed by atoms with E-state index in [1.165, 1.54) is 42.6 Å². The maximum atomic E-state index is 14.0. The number of carboxylic acids is 1. The van der Waals surface area contributed by atoms with Crippen molar-refractivity contribution < 1.29 is 28.3 Å². The number of carbonyl (C=O) groups is 3. The molecule has 0 bridgehead atoms. The lowest BCUT2D eigenvalue weighted by molar-refractivity contribution is -0.134. The largest absolute Gasteiger partial charge is 0.478 e. The van der Waals surface area contributed by atoms with Crippen molar-refractivity contribution in [3.05, 3.63) is 131 Å². The van der Waals surface area contributed by atoms with Crippen molar-refractivity contribution in [3.8, 4) is 0 Å². The average Bonchev–Trinajstić information content (AvgIpc) is 3.53. The van der Waals surface area contributed by atoms with Gasteiger partial charge >= 0.3 is 5.97 Å². The summed E-state index contributed by atoms with van der Waals surface area (Å²) in [5.74, 6) is -2.59. The van der Waals surface area contributed by atoms with Crippen LogP contribution in [0, 0.1) is 11.6 Å². The van der Waals surface area contributed by atoms with Gasteiger partial charge in [0, 0.05) is 49.0 Å². The summed E-state index contributed by atoms with van der Waals surface area (Å²) in [6.45, 7) is 1.60. The fourth-order valence-corrected chi connectivity index (χ4v) is 6.76. The molecule has 0 saturated carbocycles. The van der Waals surface area contributed by atoms with Gasteiger partial charge in [-0.05, 0) is 59.7 Å². The highest BCUT2D eigenvalue weighted by molar-refractivity contribution is 7.99. The van der Waals surface area contributed by atoms with E-state index in [0.29, 0.717) is 31.9 Å². The molecule has 1 aliphatic heterocycles. The Bertz CT molecular complexity index is 1810. The summed E-state index contributed by atoms with van der Waals surface area (Å²) < 4.78 is 27.6. The minimum absolute atomic E-state index is 0.00638. The van der Waals surface area contributed by atoms with E-state index in [9.17, 15) is 28.3 Å². The number of rotatable bonds is 10. The van der Waals surface area contributed by atoms with E-state index in [4.69, 9.17) is 0 Å². The highest BCUT2D eigenvalue weighted by Gasteiger charge is 2.33. The number of piperazine rings is 1. The molecule has 1 aliphatic rings. The van der Waals surface area contributed by atoms with Gasteiger partial charge in [0.15, 0.2) is 0 Å². The zero-order chi connectivity index (χ0) is 32.9. The van der Waals surface area contributed by atoms with Crippen molar-refractivity contribution >= 4 is 40.4 Å². The smallest absolute Gasteiger partial charge is 0.338 e. The normalized spacial score (nSPS) is 14.3. The molecule has 2 aromatic heterocycles. The Balaban J connectivity index is 1.21. The van der Waals surface area contributed by atoms with Crippen LogP contribution in [0.25, 0.3) is 10.9 Å². The molecule has 0 aliphatic carbocycles. The number of carbonyl (C=O) groups excluding carboxylic acids is 2. The summed E-state index contributed by atoms with van der Waals surface area (Å²) >= 11 is 1.08. The van der Waals surface area contributed by atoms with Gasteiger partial charge in [-0.2, -0.15) is 0 Å². The Hall–Kier alpha value is -5.07. The van der Waals surface area contributed by atoms with Gasteiger partial charge in [-0.3, -0.25) is 14.5 Å². The Morgan fingerprint density at radius 3 is 2.13 bits per heavy atom. The number of hydrogen-bond donors (Lipinski definition) is 3. The molecule has 47 heavy (non-hydrogen) atoms. The first-order valence-corrected chi connectivity index (χ1v) is 16.0. The number of carboxylic acid groups (broad SMARTS) is 1. The third-order valence-electron chi connectivity index (χ3n) is 8.13. The van der Waals surface area contributed by atoms with E-state index in [1.807, 2.05) is 24.3 Å². The SMILES string of the molecule is O=C(N[C@@H](CSc1ncccc1C(=O)O)C(=O)N1CCN(C(c2ccc(F)cc2)c2ccc(F)cc2)CC1)c1cc2ccccc2[nH]1. The molecular weight excluding hydrogens is 624 g/mol. The molecule has 3 N–H and O–H groups in total. The summed E-state index contributed by atoms with van der Waals surface area (Å²) in [4.78, 5) is 50.3. The van der Waals surface area contributed by atoms with Crippen molar-refractivity contribution in [2.24, 2.45) is 0 Å². The summed E-state index contributed by atoms with van der Waals surface area (Å²) in [6.07, 6.45) is 1.48. The summed E-state index contributed by atoms with van der Waals surface area (Å²) in [6, 6.07) is 23.2. The number of fused-ring (bicyclic) bond motifs is 1. The molecule has 5 aromatic rings. The van der Waals surface area contributed by atoms with Crippen LogP contribution in [0.5, 0.6) is 0 Å². The van der Waals surface area contributed by atoms with E-state index in [-0.39, 0.29) is 39.9 Å². The second kappa shape index (κ2) is 14.1. The van der Waals surface area contributed by atoms with Crippen LogP contribution in [0.1, 0.15) is 38.0 Å². The monoisotopic (exact) mass is 655 g/mol. The number of benzene rings is 3. The standard InChI is InChI=1S/C35H31F2N5O4S/c36-25-11-7-22(8-12-25)31(23-9-13-26(37)14-10-23)41-16-18-42(19-17-41)34(44)30(21-47-33-27(35(45)46)5-3-15-38-33)40-32(43)29-20-24-4-1-2-6-28(24)39-29/h1-15,20,30-31,39H,16-19,21H2,(H,40,43)(H,45,46)/t30-/m0/s1. The lowest BCUT2D eigenvalue weighted by Crippen LogP contribution is -2.56. The predicted octanol–water partition coefficient (Wildman–Crippen LogP) is 5.36. The second-order valence-electron chi connectivity index (χ2n) is 11.1. The number of halogens is 2. The van der Waals surface area contributed by atoms with Gasteiger partial charge in [0.1, 0.15) is 28.4 Å². The molecular formula is C35H31F2N5O4S. The molecule has 6 rings (SSSR count). The van der Waals surface area contributed by atoms with Gasteiger partial charge in [-0.15, -0.1) is 11.8 Å². The van der Waals surface area contributed by atoms with E-state index < -0.39 is 17.9 Å². The van der Waals surface area contributed by atoms with E-state index in [2.05, 4.69) is 20.2 Å². The number of aromatic amines is 1. The topological polar surface area (TPSA) is 119 Å². The highest BCUT2D eigenvalue weighted by Crippen LogP contribution is 2.30. The molecule has 0 spiro atoms. The molecule has 1 fully saturated rings. The van der Waals surface area contributed by atoms with Crippen LogP contribution < -0.4 is 5.32 Å². The van der Waals surface area contributed by atoms with Gasteiger partial charge in [0.25, 0.3) is 5.91 Å². The van der Waals surface area contributed by atoms with Gasteiger partial charge in [-0.25, -0.2) is 18.6 Å². The van der Waals surface area contributed by atoms with Crippen LogP contribution in [0.2, 0.25) is 0 Å². The number of amides is 2. The Kier molecular flexibility index (Phi) is 9.60. The first kappa shape index (κ1) is 31.9. The molecule has 1 saturated heterocycles. The minimum Gasteiger partial charge on any atom is -0.478 e. The number of para-hydroxylation sites is 1. The first-order chi connectivity index (χ1) is 22.8. The van der Waals surface area contributed by atoms with Crippen LogP contribution in [-0.4, -0.2) is 80.6 Å². The van der Waals surface area contributed by atoms with Crippen LogP contribution >= 0.6 is 11.8 Å². The third-order valence-corrected chi connectivity index (χ3v) is 9.23. The molecule has 12 heteroatoms. The number of H-pyrrole nitrogens is 1. The summed E-state index contributed by atoms with van der Waals surface area (Å²) in [5, 5.41) is 13.6. The molecule has 9 nitrogen and oxygen atoms in total. The summed E-state index contributed by atoms with van der Waals surface area (Å²) in [7, 11) is 0. The number of aromatic nitrogens is 2. The number of thioether (sulfide) groups is 1. The van der Waals surface area contributed by atoms with Gasteiger partial charge in [-0.1, -0.05) is 42.5 Å². The Morgan fingerprint density at radius 2 is 1.51 bits per heavy atom. The van der Waals surface area contributed by atoms with Crippen LogP contribution in [0.3, 0.4) is 0 Å². The minimum atomic E-state index is -1.14. The maximum absolute atomic E-state index is 14.0. The van der Waals surface area contributed by atoms with E-state index >= 15 is 0 Å². The van der Waals surface area contributed by atoms with Crippen molar-refractivity contribution in [2.45, 2.75) is 17.1 Å². The summed E-state index contributed by atoms with van der Waals surface area (Å²) in [5.41, 5.74) is 2.75. The Labute approximate surface area is 273 Å². The van der Waals surface area contributed by atoms with Crippen molar-refractivity contribution in [3.63, 3.8) is 0 Å². The quantitative estimate of drug-likeness (QED) is 0.173. The molecule has 2 amide bonds. The molecule has 3 aromatic carbocycles. The number of aromatic carboxylic acids is 1. The van der Waals surface area contributed by atoms with Crippen molar-refractivity contribution in [1.82, 2.24) is 25.1 Å².